The number of halogens is 2. The quantitative estimate of drug-likeness (QED) is 0.0715. The molecule has 0 spiro atoms. The van der Waals surface area contributed by atoms with Crippen LogP contribution >= 0.6 is 0 Å². The third kappa shape index (κ3) is 10.9. The number of fused-ring (bicyclic) bond motifs is 2. The van der Waals surface area contributed by atoms with Crippen molar-refractivity contribution in [1.29, 1.82) is 0 Å². The lowest BCUT2D eigenvalue weighted by atomic mass is 9.93. The van der Waals surface area contributed by atoms with E-state index in [1.165, 1.54) is 30.0 Å². The van der Waals surface area contributed by atoms with E-state index in [0.29, 0.717) is 92.0 Å². The zero-order valence-electron chi connectivity index (χ0n) is 42.7. The molecule has 0 unspecified atom stereocenters. The molecule has 6 heterocycles. The second-order valence-electron chi connectivity index (χ2n) is 19.9. The van der Waals surface area contributed by atoms with Crippen molar-refractivity contribution in [2.45, 2.75) is 69.7 Å². The first-order valence-electron chi connectivity index (χ1n) is 25.6. The lowest BCUT2D eigenvalue weighted by Gasteiger charge is -2.36. The van der Waals surface area contributed by atoms with E-state index < -0.39 is 32.2 Å². The van der Waals surface area contributed by atoms with Crippen molar-refractivity contribution in [2.24, 2.45) is 5.92 Å². The van der Waals surface area contributed by atoms with Gasteiger partial charge in [-0.2, -0.15) is 5.10 Å². The average Bonchev–Trinajstić information content (AvgIpc) is 4.03. The number of amides is 2. The SMILES string of the molecule is COc1ncc(-c2ccc3nccc(N4CCN(C(=O)CCCC(=O)N5CCC(CCn6ccc7cc(-n8c(-c9cc(C(C)C)c(O)cc9O)n[nH]c8=O)ccc76)CC5)CC4)c3c2)cc1NS(=O)(=O)c1ccc(F)cc1F. The van der Waals surface area contributed by atoms with Gasteiger partial charge in [0, 0.05) is 117 Å². The Labute approximate surface area is 442 Å². The smallest absolute Gasteiger partial charge is 0.348 e. The molecule has 21 heteroatoms. The molecule has 2 amide bonds. The largest absolute Gasteiger partial charge is 0.508 e. The number of nitrogens with zero attached hydrogens (tertiary/aromatic N) is 8. The number of aromatic hydroxyl groups is 2. The van der Waals surface area contributed by atoms with Crippen LogP contribution in [0.15, 0.2) is 113 Å². The molecule has 0 bridgehead atoms. The third-order valence-electron chi connectivity index (χ3n) is 14.7. The van der Waals surface area contributed by atoms with Crippen molar-refractivity contribution in [3.8, 4) is 45.6 Å². The highest BCUT2D eigenvalue weighted by Crippen LogP contribution is 2.39. The molecule has 0 atom stereocenters. The molecule has 0 radical (unpaired) electrons. The summed E-state index contributed by atoms with van der Waals surface area (Å²) in [5.41, 5.74) is 4.94. The predicted octanol–water partition coefficient (Wildman–Crippen LogP) is 8.56. The van der Waals surface area contributed by atoms with Gasteiger partial charge in [0.15, 0.2) is 5.82 Å². The summed E-state index contributed by atoms with van der Waals surface area (Å²) < 4.78 is 65.7. The molecular weight excluding hydrogens is 1010 g/mol. The fourth-order valence-corrected chi connectivity index (χ4v) is 11.6. The molecule has 2 saturated heterocycles. The number of piperazine rings is 1. The molecule has 77 heavy (non-hydrogen) atoms. The van der Waals surface area contributed by atoms with Crippen LogP contribution in [0.3, 0.4) is 0 Å². The summed E-state index contributed by atoms with van der Waals surface area (Å²) in [7, 11) is -3.16. The van der Waals surface area contributed by atoms with Gasteiger partial charge in [0.05, 0.1) is 23.9 Å². The van der Waals surface area contributed by atoms with Crippen LogP contribution in [0, 0.1) is 17.6 Å². The number of pyridine rings is 2. The Balaban J connectivity index is 0.689. The number of phenolic OH excluding ortho intramolecular Hbond substituents is 2. The second-order valence-corrected chi connectivity index (χ2v) is 21.5. The van der Waals surface area contributed by atoms with Gasteiger partial charge in [0.2, 0.25) is 17.7 Å². The number of H-pyrrole nitrogens is 1. The van der Waals surface area contributed by atoms with Crippen LogP contribution in [0.25, 0.3) is 50.0 Å². The Morgan fingerprint density at radius 2 is 1.60 bits per heavy atom. The fraction of sp³-hybridized carbons (Fsp3) is 0.321. The Kier molecular flexibility index (Phi) is 14.7. The van der Waals surface area contributed by atoms with Gasteiger partial charge in [-0.15, -0.1) is 0 Å². The number of carbonyl (C=O) groups is 2. The van der Waals surface area contributed by atoms with Gasteiger partial charge in [-0.3, -0.25) is 19.3 Å². The summed E-state index contributed by atoms with van der Waals surface area (Å²) in [6, 6.07) is 22.0. The molecule has 4 aromatic carbocycles. The number of methoxy groups -OCH3 is 1. The molecular formula is C56H58F2N10O8S. The first-order chi connectivity index (χ1) is 37.0. The van der Waals surface area contributed by atoms with Gasteiger partial charge in [0.25, 0.3) is 10.0 Å². The number of piperidine rings is 1. The predicted molar refractivity (Wildman–Crippen MR) is 288 cm³/mol. The number of carbonyl (C=O) groups excluding carboxylic acids is 2. The normalized spacial score (nSPS) is 14.5. The molecule has 18 nitrogen and oxygen atoms in total. The number of aromatic amines is 1. The third-order valence-corrected chi connectivity index (χ3v) is 16.1. The molecule has 10 rings (SSSR count). The molecule has 4 aromatic heterocycles. The summed E-state index contributed by atoms with van der Waals surface area (Å²) in [6.07, 6.45) is 9.10. The van der Waals surface area contributed by atoms with Crippen molar-refractivity contribution in [3.63, 3.8) is 0 Å². The lowest BCUT2D eigenvalue weighted by molar-refractivity contribution is -0.133. The molecule has 400 valence electrons. The van der Waals surface area contributed by atoms with Crippen LogP contribution in [0.5, 0.6) is 17.4 Å². The van der Waals surface area contributed by atoms with E-state index in [4.69, 9.17) is 4.74 Å². The lowest BCUT2D eigenvalue weighted by Crippen LogP contribution is -2.48. The maximum absolute atomic E-state index is 14.5. The van der Waals surface area contributed by atoms with E-state index in [0.717, 1.165) is 65.4 Å². The molecule has 4 N–H and O–H groups in total. The van der Waals surface area contributed by atoms with Crippen molar-refractivity contribution >= 4 is 55.0 Å². The topological polar surface area (TPSA) is 221 Å². The maximum atomic E-state index is 14.5. The fourth-order valence-electron chi connectivity index (χ4n) is 10.5. The number of rotatable bonds is 16. The van der Waals surface area contributed by atoms with Crippen LogP contribution in [-0.4, -0.2) is 116 Å². The van der Waals surface area contributed by atoms with E-state index in [2.05, 4.69) is 34.4 Å². The van der Waals surface area contributed by atoms with Crippen LogP contribution in [-0.2, 0) is 26.2 Å². The van der Waals surface area contributed by atoms with Crippen LogP contribution in [0.1, 0.15) is 63.9 Å². The Morgan fingerprint density at radius 1 is 0.844 bits per heavy atom. The Hall–Kier alpha value is -8.33. The second kappa shape index (κ2) is 21.7. The number of sulfonamides is 1. The Bertz CT molecular complexity index is 3710. The number of hydrogen-bond donors (Lipinski definition) is 4. The van der Waals surface area contributed by atoms with Crippen molar-refractivity contribution in [3.05, 3.63) is 131 Å². The van der Waals surface area contributed by atoms with E-state index >= 15 is 0 Å². The highest BCUT2D eigenvalue weighted by atomic mass is 32.2. The first kappa shape index (κ1) is 52.1. The number of likely N-dealkylation sites (tertiary alicyclic amines) is 1. The minimum absolute atomic E-state index is 0.0158. The summed E-state index contributed by atoms with van der Waals surface area (Å²) in [6.45, 7) is 8.17. The summed E-state index contributed by atoms with van der Waals surface area (Å²) >= 11 is 0. The number of aryl methyl sites for hydroxylation is 1. The number of anilines is 2. The monoisotopic (exact) mass is 1070 g/mol. The van der Waals surface area contributed by atoms with Gasteiger partial charge in [0.1, 0.15) is 33.7 Å². The van der Waals surface area contributed by atoms with Crippen molar-refractivity contribution < 1.29 is 41.7 Å². The van der Waals surface area contributed by atoms with Crippen molar-refractivity contribution in [1.82, 2.24) is 39.1 Å². The zero-order valence-corrected chi connectivity index (χ0v) is 43.6. The maximum Gasteiger partial charge on any atom is 0.348 e. The van der Waals surface area contributed by atoms with Gasteiger partial charge in [-0.25, -0.2) is 36.6 Å². The molecule has 2 aliphatic heterocycles. The highest BCUT2D eigenvalue weighted by molar-refractivity contribution is 7.92. The highest BCUT2D eigenvalue weighted by Gasteiger charge is 2.27. The molecule has 0 saturated carbocycles. The molecule has 2 fully saturated rings. The van der Waals surface area contributed by atoms with Gasteiger partial charge in [-0.05, 0) is 115 Å². The van der Waals surface area contributed by atoms with Crippen LogP contribution < -0.4 is 20.0 Å². The zero-order chi connectivity index (χ0) is 54.1. The van der Waals surface area contributed by atoms with E-state index in [9.17, 15) is 41.8 Å². The van der Waals surface area contributed by atoms with E-state index in [1.807, 2.05) is 78.4 Å². The summed E-state index contributed by atoms with van der Waals surface area (Å²) in [5, 5.41) is 29.7. The number of hydrogen-bond acceptors (Lipinski definition) is 12. The minimum Gasteiger partial charge on any atom is -0.508 e. The summed E-state index contributed by atoms with van der Waals surface area (Å²) in [4.78, 5) is 53.9. The number of phenols is 2. The van der Waals surface area contributed by atoms with Crippen LogP contribution in [0.4, 0.5) is 20.2 Å². The van der Waals surface area contributed by atoms with E-state index in [1.54, 1.807) is 12.3 Å². The Morgan fingerprint density at radius 3 is 2.32 bits per heavy atom. The molecule has 2 aliphatic rings. The van der Waals surface area contributed by atoms with Crippen LogP contribution in [0.2, 0.25) is 0 Å². The van der Waals surface area contributed by atoms with E-state index in [-0.39, 0.29) is 53.0 Å². The average molecular weight is 1070 g/mol. The van der Waals surface area contributed by atoms with Gasteiger partial charge < -0.3 is 34.2 Å². The molecule has 0 aliphatic carbocycles. The minimum atomic E-state index is -4.49. The number of nitrogens with one attached hydrogen (secondary N) is 2. The molecule has 8 aromatic rings. The van der Waals surface area contributed by atoms with Gasteiger partial charge in [-0.1, -0.05) is 19.9 Å². The standard InChI is InChI=1S/C56H58F2N10O8S/c1-34(2)41-31-43(50(70)32-49(41)69)54-61-62-56(73)68(54)40-9-11-47-37(27-40)17-22-64(47)19-14-35-15-20-66(21-16-35)52(71)5-4-6-53(72)67-25-23-65(24-26-67)48-13-18-59-45-10-7-36(28-42(45)48)38-29-46(55(76-3)60-33-38)63-77(74,75)51-12-8-39(57)30-44(51)58/h7-13,17-18,22,27-35,63,69-70H,4-6,14-16,19-21,23-26H2,1-3H3,(H,62,73). The number of benzene rings is 4. The first-order valence-corrected chi connectivity index (χ1v) is 27.1. The van der Waals surface area contributed by atoms with Gasteiger partial charge >= 0.3 is 5.69 Å². The van der Waals surface area contributed by atoms with Crippen molar-refractivity contribution in [2.75, 3.05) is 56.0 Å². The number of ether oxygens (including phenoxy) is 1. The summed E-state index contributed by atoms with van der Waals surface area (Å²) in [5.74, 6) is -1.67. The number of aromatic nitrogens is 6.